The molecule has 0 unspecified atom stereocenters. The van der Waals surface area contributed by atoms with Crippen LogP contribution in [0.15, 0.2) is 146 Å². The zero-order valence-corrected chi connectivity index (χ0v) is 29.0. The van der Waals surface area contributed by atoms with Crippen LogP contribution in [0.5, 0.6) is 5.75 Å². The van der Waals surface area contributed by atoms with Gasteiger partial charge in [-0.1, -0.05) is 133 Å². The average Bonchev–Trinajstić information content (AvgIpc) is 3.19. The molecule has 0 bridgehead atoms. The van der Waals surface area contributed by atoms with Gasteiger partial charge in [0.2, 0.25) is 6.29 Å². The van der Waals surface area contributed by atoms with Gasteiger partial charge in [0.25, 0.3) is 0 Å². The Morgan fingerprint density at radius 3 is 1.75 bits per heavy atom. The van der Waals surface area contributed by atoms with Crippen molar-refractivity contribution in [1.82, 2.24) is 4.90 Å². The van der Waals surface area contributed by atoms with E-state index in [0.29, 0.717) is 31.9 Å². The highest BCUT2D eigenvalue weighted by atomic mass is 16.7. The Balaban J connectivity index is 1.09. The van der Waals surface area contributed by atoms with Crippen molar-refractivity contribution in [2.45, 2.75) is 63.5 Å². The fourth-order valence-corrected chi connectivity index (χ4v) is 5.93. The third kappa shape index (κ3) is 10.7. The Morgan fingerprint density at radius 2 is 1.15 bits per heavy atom. The predicted molar refractivity (Wildman–Crippen MR) is 196 cm³/mol. The summed E-state index contributed by atoms with van der Waals surface area (Å²) >= 11 is 0. The first-order valence-corrected chi connectivity index (χ1v) is 17.6. The third-order valence-electron chi connectivity index (χ3n) is 8.85. The summed E-state index contributed by atoms with van der Waals surface area (Å²) in [6.07, 6.45) is -5.19. The van der Waals surface area contributed by atoms with Crippen LogP contribution in [0.3, 0.4) is 0 Å². The molecule has 1 saturated heterocycles. The van der Waals surface area contributed by atoms with Gasteiger partial charge in [0.05, 0.1) is 19.8 Å². The van der Waals surface area contributed by atoms with Crippen LogP contribution in [0.1, 0.15) is 27.8 Å². The zero-order valence-electron chi connectivity index (χ0n) is 29.0. The fourth-order valence-electron chi connectivity index (χ4n) is 5.93. The van der Waals surface area contributed by atoms with Crippen molar-refractivity contribution < 1.29 is 38.7 Å². The van der Waals surface area contributed by atoms with Crippen molar-refractivity contribution in [3.8, 4) is 5.75 Å². The number of nitrogens with zero attached hydrogens (tertiary/aromatic N) is 1. The lowest BCUT2D eigenvalue weighted by atomic mass is 9.99. The van der Waals surface area contributed by atoms with Gasteiger partial charge in [-0.3, -0.25) is 0 Å². The second-order valence-electron chi connectivity index (χ2n) is 12.7. The van der Waals surface area contributed by atoms with Gasteiger partial charge in [-0.05, 0) is 46.4 Å². The predicted octanol–water partition coefficient (Wildman–Crippen LogP) is 6.70. The largest absolute Gasteiger partial charge is 0.462 e. The number of amides is 1. The Morgan fingerprint density at radius 1 is 0.615 bits per heavy atom. The van der Waals surface area contributed by atoms with Crippen LogP contribution in [-0.2, 0) is 51.7 Å². The summed E-state index contributed by atoms with van der Waals surface area (Å²) in [6, 6.07) is 46.2. The zero-order chi connectivity index (χ0) is 36.0. The van der Waals surface area contributed by atoms with Gasteiger partial charge >= 0.3 is 6.09 Å². The minimum absolute atomic E-state index is 0.0462. The van der Waals surface area contributed by atoms with Gasteiger partial charge < -0.3 is 38.8 Å². The molecule has 0 saturated carbocycles. The van der Waals surface area contributed by atoms with Crippen LogP contribution < -0.4 is 4.74 Å². The quantitative estimate of drug-likeness (QED) is 0.117. The molecule has 270 valence electrons. The first-order valence-electron chi connectivity index (χ1n) is 17.6. The number of carbonyl (C=O) groups is 1. The van der Waals surface area contributed by atoms with E-state index < -0.39 is 30.7 Å². The maximum absolute atomic E-state index is 13.2. The van der Waals surface area contributed by atoms with Gasteiger partial charge in [0.1, 0.15) is 36.8 Å². The maximum atomic E-state index is 13.2. The van der Waals surface area contributed by atoms with E-state index in [0.717, 1.165) is 27.8 Å². The van der Waals surface area contributed by atoms with Crippen LogP contribution >= 0.6 is 0 Å². The highest BCUT2D eigenvalue weighted by Gasteiger charge is 2.46. The number of aliphatic hydroxyl groups is 2. The normalized spacial score (nSPS) is 19.8. The average molecular weight is 704 g/mol. The van der Waals surface area contributed by atoms with Crippen molar-refractivity contribution in [3.05, 3.63) is 173 Å². The molecule has 9 nitrogen and oxygen atoms in total. The van der Waals surface area contributed by atoms with E-state index in [-0.39, 0.29) is 25.9 Å². The molecule has 0 aliphatic carbocycles. The molecule has 5 aromatic carbocycles. The molecule has 0 spiro atoms. The lowest BCUT2D eigenvalue weighted by Gasteiger charge is -2.42. The number of carbonyl (C=O) groups excluding carboxylic acids is 1. The van der Waals surface area contributed by atoms with Gasteiger partial charge in [0, 0.05) is 13.1 Å². The fraction of sp³-hybridized carbons (Fsp3) is 0.279. The van der Waals surface area contributed by atoms with E-state index in [2.05, 4.69) is 0 Å². The van der Waals surface area contributed by atoms with Gasteiger partial charge in [-0.25, -0.2) is 4.79 Å². The molecular weight excluding hydrogens is 658 g/mol. The molecule has 1 aliphatic rings. The lowest BCUT2D eigenvalue weighted by molar-refractivity contribution is -0.292. The Hall–Kier alpha value is -5.03. The molecule has 0 aromatic heterocycles. The number of benzene rings is 5. The molecule has 5 aromatic rings. The van der Waals surface area contributed by atoms with Crippen LogP contribution in [0.25, 0.3) is 0 Å². The molecule has 1 aliphatic heterocycles. The summed E-state index contributed by atoms with van der Waals surface area (Å²) in [7, 11) is 0. The number of hydrogen-bond acceptors (Lipinski definition) is 8. The topological polar surface area (TPSA) is 107 Å². The molecule has 1 fully saturated rings. The monoisotopic (exact) mass is 703 g/mol. The van der Waals surface area contributed by atoms with Gasteiger partial charge in [-0.2, -0.15) is 0 Å². The Bertz CT molecular complexity index is 1760. The number of rotatable bonds is 16. The lowest BCUT2D eigenvalue weighted by Crippen LogP contribution is -2.61. The summed E-state index contributed by atoms with van der Waals surface area (Å²) in [5, 5.41) is 22.3. The van der Waals surface area contributed by atoms with Gasteiger partial charge in [0.15, 0.2) is 0 Å². The van der Waals surface area contributed by atoms with Crippen LogP contribution in [0, 0.1) is 0 Å². The molecule has 6 rings (SSSR count). The molecule has 52 heavy (non-hydrogen) atoms. The summed E-state index contributed by atoms with van der Waals surface area (Å²) in [6.45, 7) is 1.63. The van der Waals surface area contributed by atoms with E-state index in [1.54, 1.807) is 4.90 Å². The third-order valence-corrected chi connectivity index (χ3v) is 8.85. The van der Waals surface area contributed by atoms with Crippen molar-refractivity contribution in [2.75, 3.05) is 13.2 Å². The molecular formula is C43H45NO8. The minimum Gasteiger partial charge on any atom is -0.462 e. The molecule has 0 radical (unpaired) electrons. The van der Waals surface area contributed by atoms with E-state index in [1.807, 2.05) is 146 Å². The number of ether oxygens (including phenoxy) is 5. The highest BCUT2D eigenvalue weighted by molar-refractivity contribution is 5.67. The second kappa shape index (κ2) is 19.0. The van der Waals surface area contributed by atoms with E-state index in [1.165, 1.54) is 0 Å². The first-order chi connectivity index (χ1) is 25.5. The van der Waals surface area contributed by atoms with E-state index >= 15 is 0 Å². The summed E-state index contributed by atoms with van der Waals surface area (Å²) in [4.78, 5) is 14.9. The summed E-state index contributed by atoms with van der Waals surface area (Å²) < 4.78 is 30.2. The SMILES string of the molecule is O=C(OCc1ccccc1)N(CCc1ccc(O[C@@H]2O[C@H](COCc3ccccc3)[C@H](O)[C@H](O)[C@H]2OCc2ccccc2)cc1)Cc1ccccc1. The van der Waals surface area contributed by atoms with Crippen molar-refractivity contribution in [2.24, 2.45) is 0 Å². The molecule has 1 heterocycles. The molecule has 1 amide bonds. The summed E-state index contributed by atoms with van der Waals surface area (Å²) in [5.74, 6) is 0.498. The first kappa shape index (κ1) is 36.8. The van der Waals surface area contributed by atoms with Crippen molar-refractivity contribution >= 4 is 6.09 Å². The molecule has 5 atom stereocenters. The maximum Gasteiger partial charge on any atom is 0.410 e. The Kier molecular flexibility index (Phi) is 13.4. The van der Waals surface area contributed by atoms with E-state index in [4.69, 9.17) is 23.7 Å². The molecule has 2 N–H and O–H groups in total. The van der Waals surface area contributed by atoms with Crippen molar-refractivity contribution in [1.29, 1.82) is 0 Å². The molecule has 9 heteroatoms. The minimum atomic E-state index is -1.29. The van der Waals surface area contributed by atoms with Crippen LogP contribution in [0.4, 0.5) is 4.79 Å². The highest BCUT2D eigenvalue weighted by Crippen LogP contribution is 2.28. The second-order valence-corrected chi connectivity index (χ2v) is 12.7. The van der Waals surface area contributed by atoms with Crippen LogP contribution in [0.2, 0.25) is 0 Å². The van der Waals surface area contributed by atoms with Gasteiger partial charge in [-0.15, -0.1) is 0 Å². The number of aliphatic hydroxyl groups excluding tert-OH is 2. The smallest absolute Gasteiger partial charge is 0.410 e. The number of hydrogen-bond donors (Lipinski definition) is 2. The standard InChI is InChI=1S/C43H45NO8/c45-39-38(31-48-28-34-15-7-2-8-16-34)52-42(41(40(39)46)49-29-35-17-9-3-10-18-35)51-37-23-21-32(22-24-37)25-26-44(27-33-13-5-1-6-14-33)43(47)50-30-36-19-11-4-12-20-36/h1-24,38-42,45-46H,25-31H2/t38-,39+,40+,41-,42-/m1/s1. The Labute approximate surface area is 304 Å². The summed E-state index contributed by atoms with van der Waals surface area (Å²) in [5.41, 5.74) is 4.82. The van der Waals surface area contributed by atoms with E-state index in [9.17, 15) is 15.0 Å². The van der Waals surface area contributed by atoms with Crippen LogP contribution in [-0.4, -0.2) is 65.1 Å². The van der Waals surface area contributed by atoms with Crippen molar-refractivity contribution in [3.63, 3.8) is 0 Å².